The lowest BCUT2D eigenvalue weighted by Crippen LogP contribution is -2.32. The van der Waals surface area contributed by atoms with Crippen LogP contribution in [0, 0.1) is 0 Å². The van der Waals surface area contributed by atoms with E-state index in [1.54, 1.807) is 6.92 Å². The molecule has 1 unspecified atom stereocenters. The first-order valence-corrected chi connectivity index (χ1v) is 5.86. The number of fused-ring (bicyclic) bond motifs is 1. The molecule has 2 atom stereocenters. The van der Waals surface area contributed by atoms with Crippen molar-refractivity contribution in [3.63, 3.8) is 0 Å². The van der Waals surface area contributed by atoms with E-state index in [9.17, 15) is 9.18 Å². The lowest BCUT2D eigenvalue weighted by molar-refractivity contribution is -0.142. The predicted octanol–water partition coefficient (Wildman–Crippen LogP) is 1.01. The van der Waals surface area contributed by atoms with Crippen LogP contribution in [0.3, 0.4) is 0 Å². The maximum atomic E-state index is 13.2. The average molecular weight is 246 g/mol. The first-order chi connectivity index (χ1) is 7.61. The van der Waals surface area contributed by atoms with Gasteiger partial charge in [0.1, 0.15) is 11.7 Å². The second kappa shape index (κ2) is 4.53. The molecule has 0 saturated carbocycles. The zero-order valence-corrected chi connectivity index (χ0v) is 9.97. The minimum absolute atomic E-state index is 0.170. The van der Waals surface area contributed by atoms with Crippen LogP contribution in [0.25, 0.3) is 0 Å². The Balaban J connectivity index is 2.06. The quantitative estimate of drug-likeness (QED) is 0.576. The molecule has 2 heterocycles. The van der Waals surface area contributed by atoms with Crippen LogP contribution in [0.5, 0.6) is 0 Å². The van der Waals surface area contributed by atoms with Gasteiger partial charge in [-0.25, -0.2) is 4.39 Å². The lowest BCUT2D eigenvalue weighted by Gasteiger charge is -2.18. The SMILES string of the molecule is CCOC(=O)CC1=C2C[C@@H](F)CN2C(S)N1. The van der Waals surface area contributed by atoms with Crippen molar-refractivity contribution >= 4 is 18.6 Å². The van der Waals surface area contributed by atoms with E-state index in [0.29, 0.717) is 19.6 Å². The molecule has 2 aliphatic rings. The Morgan fingerprint density at radius 3 is 3.19 bits per heavy atom. The third-order valence-electron chi connectivity index (χ3n) is 2.73. The molecule has 0 aliphatic carbocycles. The third-order valence-corrected chi connectivity index (χ3v) is 3.14. The first-order valence-electron chi connectivity index (χ1n) is 5.34. The highest BCUT2D eigenvalue weighted by atomic mass is 32.1. The Morgan fingerprint density at radius 1 is 1.75 bits per heavy atom. The Morgan fingerprint density at radius 2 is 2.50 bits per heavy atom. The summed E-state index contributed by atoms with van der Waals surface area (Å²) in [7, 11) is 0. The molecule has 1 saturated heterocycles. The normalized spacial score (nSPS) is 28.1. The molecule has 0 amide bonds. The maximum Gasteiger partial charge on any atom is 0.311 e. The molecule has 90 valence electrons. The summed E-state index contributed by atoms with van der Waals surface area (Å²) in [6, 6.07) is 0. The highest BCUT2D eigenvalue weighted by molar-refractivity contribution is 7.80. The number of thiol groups is 1. The Kier molecular flexibility index (Phi) is 3.28. The maximum absolute atomic E-state index is 13.2. The summed E-state index contributed by atoms with van der Waals surface area (Å²) < 4.78 is 18.1. The van der Waals surface area contributed by atoms with Crippen LogP contribution in [-0.2, 0) is 9.53 Å². The Bertz CT molecular complexity index is 335. The van der Waals surface area contributed by atoms with Crippen LogP contribution < -0.4 is 5.32 Å². The molecule has 0 aromatic rings. The molecule has 1 N–H and O–H groups in total. The first kappa shape index (κ1) is 11.6. The van der Waals surface area contributed by atoms with Crippen LogP contribution in [0.4, 0.5) is 4.39 Å². The minimum atomic E-state index is -0.857. The molecule has 4 nitrogen and oxygen atoms in total. The van der Waals surface area contributed by atoms with Crippen LogP contribution in [-0.4, -0.2) is 35.7 Å². The van der Waals surface area contributed by atoms with E-state index in [1.807, 2.05) is 4.90 Å². The average Bonchev–Trinajstić information content (AvgIpc) is 2.69. The molecule has 0 spiro atoms. The number of hydrogen-bond acceptors (Lipinski definition) is 5. The van der Waals surface area contributed by atoms with Gasteiger partial charge in [0.05, 0.1) is 19.6 Å². The molecule has 1 fully saturated rings. The van der Waals surface area contributed by atoms with Crippen molar-refractivity contribution in [1.82, 2.24) is 10.2 Å². The zero-order chi connectivity index (χ0) is 11.7. The highest BCUT2D eigenvalue weighted by Gasteiger charge is 2.37. The van der Waals surface area contributed by atoms with Crippen LogP contribution >= 0.6 is 12.6 Å². The van der Waals surface area contributed by atoms with Gasteiger partial charge in [-0.05, 0) is 6.92 Å². The van der Waals surface area contributed by atoms with Crippen LogP contribution in [0.2, 0.25) is 0 Å². The topological polar surface area (TPSA) is 41.6 Å². The van der Waals surface area contributed by atoms with Gasteiger partial charge in [-0.15, -0.1) is 12.6 Å². The molecule has 0 bridgehead atoms. The molecule has 2 rings (SSSR count). The van der Waals surface area contributed by atoms with Crippen LogP contribution in [0.15, 0.2) is 11.4 Å². The number of ether oxygens (including phenoxy) is 1. The number of allylic oxidation sites excluding steroid dienone is 1. The Hall–Kier alpha value is -0.910. The van der Waals surface area contributed by atoms with E-state index in [4.69, 9.17) is 4.74 Å². The van der Waals surface area contributed by atoms with Gasteiger partial charge < -0.3 is 15.0 Å². The van der Waals surface area contributed by atoms with Gasteiger partial charge in [-0.2, -0.15) is 0 Å². The van der Waals surface area contributed by atoms with Gasteiger partial charge in [0.15, 0.2) is 0 Å². The summed E-state index contributed by atoms with van der Waals surface area (Å²) >= 11 is 4.30. The van der Waals surface area contributed by atoms with Gasteiger partial charge in [0, 0.05) is 17.8 Å². The highest BCUT2D eigenvalue weighted by Crippen LogP contribution is 2.34. The fraction of sp³-hybridized carbons (Fsp3) is 0.700. The third kappa shape index (κ3) is 2.11. The van der Waals surface area contributed by atoms with E-state index in [-0.39, 0.29) is 17.9 Å². The van der Waals surface area contributed by atoms with E-state index in [0.717, 1.165) is 11.4 Å². The summed E-state index contributed by atoms with van der Waals surface area (Å²) in [5, 5.41) is 3.07. The molecule has 6 heteroatoms. The van der Waals surface area contributed by atoms with E-state index >= 15 is 0 Å². The van der Waals surface area contributed by atoms with Gasteiger partial charge in [-0.1, -0.05) is 0 Å². The number of carbonyl (C=O) groups is 1. The van der Waals surface area contributed by atoms with Crippen molar-refractivity contribution in [3.8, 4) is 0 Å². The van der Waals surface area contributed by atoms with Crippen molar-refractivity contribution in [2.24, 2.45) is 0 Å². The second-order valence-electron chi connectivity index (χ2n) is 3.88. The molecular formula is C10H15FN2O2S. The number of rotatable bonds is 3. The predicted molar refractivity (Wildman–Crippen MR) is 60.4 cm³/mol. The van der Waals surface area contributed by atoms with Gasteiger partial charge in [-0.3, -0.25) is 4.79 Å². The van der Waals surface area contributed by atoms with Crippen molar-refractivity contribution < 1.29 is 13.9 Å². The summed E-state index contributed by atoms with van der Waals surface area (Å²) in [4.78, 5) is 13.2. The number of hydrogen-bond donors (Lipinski definition) is 2. The summed E-state index contributed by atoms with van der Waals surface area (Å²) in [6.45, 7) is 2.47. The smallest absolute Gasteiger partial charge is 0.311 e. The fourth-order valence-corrected chi connectivity index (χ4v) is 2.48. The minimum Gasteiger partial charge on any atom is -0.466 e. The van der Waals surface area contributed by atoms with Gasteiger partial charge in [0.25, 0.3) is 0 Å². The van der Waals surface area contributed by atoms with Crippen molar-refractivity contribution in [2.75, 3.05) is 13.2 Å². The number of nitrogens with one attached hydrogen (secondary N) is 1. The lowest BCUT2D eigenvalue weighted by atomic mass is 10.2. The standard InChI is InChI=1S/C10H15FN2O2S/c1-2-15-9(14)4-7-8-3-6(11)5-13(8)10(16)12-7/h6,10,12,16H,2-5H2,1H3/t6-,10?/m1/s1. The van der Waals surface area contributed by atoms with Crippen LogP contribution in [0.1, 0.15) is 19.8 Å². The number of nitrogens with zero attached hydrogens (tertiary/aromatic N) is 1. The van der Waals surface area contributed by atoms with E-state index < -0.39 is 6.17 Å². The zero-order valence-electron chi connectivity index (χ0n) is 9.07. The monoisotopic (exact) mass is 246 g/mol. The molecule has 2 aliphatic heterocycles. The van der Waals surface area contributed by atoms with E-state index in [2.05, 4.69) is 17.9 Å². The molecule has 0 aromatic heterocycles. The molecule has 0 radical (unpaired) electrons. The number of esters is 1. The van der Waals surface area contributed by atoms with Crippen molar-refractivity contribution in [1.29, 1.82) is 0 Å². The number of carbonyl (C=O) groups excluding carboxylic acids is 1. The largest absolute Gasteiger partial charge is 0.466 e. The summed E-state index contributed by atoms with van der Waals surface area (Å²) in [5.41, 5.74) is 1.39. The molecular weight excluding hydrogens is 231 g/mol. The second-order valence-corrected chi connectivity index (χ2v) is 4.37. The molecule has 16 heavy (non-hydrogen) atoms. The summed E-state index contributed by atoms with van der Waals surface area (Å²) in [6.07, 6.45) is -0.327. The molecule has 0 aromatic carbocycles. The fourth-order valence-electron chi connectivity index (χ4n) is 2.09. The number of halogens is 1. The van der Waals surface area contributed by atoms with Crippen molar-refractivity contribution in [3.05, 3.63) is 11.4 Å². The van der Waals surface area contributed by atoms with Gasteiger partial charge in [0.2, 0.25) is 0 Å². The van der Waals surface area contributed by atoms with Gasteiger partial charge >= 0.3 is 5.97 Å². The number of alkyl halides is 1. The van der Waals surface area contributed by atoms with E-state index in [1.165, 1.54) is 0 Å². The summed E-state index contributed by atoms with van der Waals surface area (Å²) in [5.74, 6) is -0.290. The Labute approximate surface area is 99.2 Å². The van der Waals surface area contributed by atoms with Crippen molar-refractivity contribution in [2.45, 2.75) is 31.4 Å².